The lowest BCUT2D eigenvalue weighted by Crippen LogP contribution is -2.58. The van der Waals surface area contributed by atoms with Gasteiger partial charge in [0.25, 0.3) is 0 Å². The van der Waals surface area contributed by atoms with Crippen molar-refractivity contribution in [2.24, 2.45) is 17.8 Å². The van der Waals surface area contributed by atoms with E-state index in [2.05, 4.69) is 26.8 Å². The normalized spacial score (nSPS) is 47.9. The number of rotatable bonds is 8. The smallest absolute Gasteiger partial charge is 0.316 e. The highest BCUT2D eigenvalue weighted by Crippen LogP contribution is 2.48. The van der Waals surface area contributed by atoms with Gasteiger partial charge in [-0.3, -0.25) is 4.79 Å². The largest absolute Gasteiger partial charge is 0.462 e. The van der Waals surface area contributed by atoms with Crippen LogP contribution in [0, 0.1) is 17.8 Å². The molecule has 0 amide bonds. The quantitative estimate of drug-likeness (QED) is 0.211. The minimum absolute atomic E-state index is 0.00323. The second-order valence-electron chi connectivity index (χ2n) is 18.8. The van der Waals surface area contributed by atoms with Crippen LogP contribution in [0.3, 0.4) is 0 Å². The number of methoxy groups -OCH3 is 2. The fraction of sp³-hybridized carbons (Fsp3) is 0.809. The maximum absolute atomic E-state index is 14.3. The van der Waals surface area contributed by atoms with Gasteiger partial charge in [0.15, 0.2) is 18.4 Å². The number of aliphatic hydroxyl groups excluding tert-OH is 2. The fourth-order valence-corrected chi connectivity index (χ4v) is 10.6. The summed E-state index contributed by atoms with van der Waals surface area (Å²) < 4.78 is 63.6. The van der Waals surface area contributed by atoms with Crippen molar-refractivity contribution in [2.45, 2.75) is 203 Å². The molecule has 6 aliphatic heterocycles. The number of fused-ring (bicyclic) bond motifs is 2. The van der Waals surface area contributed by atoms with Crippen LogP contribution in [-0.2, 0) is 52.2 Å². The van der Waals surface area contributed by atoms with Crippen molar-refractivity contribution in [3.63, 3.8) is 0 Å². The van der Waals surface area contributed by atoms with Crippen molar-refractivity contribution in [3.8, 4) is 0 Å². The summed E-state index contributed by atoms with van der Waals surface area (Å²) in [7, 11) is 3.22. The van der Waals surface area contributed by atoms with Gasteiger partial charge in [-0.2, -0.15) is 0 Å². The Hall–Kier alpha value is -2.05. The van der Waals surface area contributed by atoms with E-state index in [9.17, 15) is 20.1 Å². The average Bonchev–Trinajstić information content (AvgIpc) is 3.58. The van der Waals surface area contributed by atoms with E-state index in [-0.39, 0.29) is 24.9 Å². The Morgan fingerprint density at radius 2 is 1.64 bits per heavy atom. The molecule has 5 saturated heterocycles. The minimum atomic E-state index is -1.81. The highest BCUT2D eigenvalue weighted by atomic mass is 16.7. The highest BCUT2D eigenvalue weighted by molar-refractivity contribution is 5.78. The maximum Gasteiger partial charge on any atom is 0.316 e. The van der Waals surface area contributed by atoms with Gasteiger partial charge in [0.05, 0.1) is 49.3 Å². The fourth-order valence-electron chi connectivity index (χ4n) is 10.6. The summed E-state index contributed by atoms with van der Waals surface area (Å²) in [4.78, 5) is 14.3. The molecule has 6 heterocycles. The summed E-state index contributed by atoms with van der Waals surface area (Å²) >= 11 is 0. The predicted octanol–water partition coefficient (Wildman–Crippen LogP) is 5.36. The molecule has 0 unspecified atom stereocenters. The molecule has 5 fully saturated rings. The Bertz CT molecular complexity index is 1640. The van der Waals surface area contributed by atoms with Crippen molar-refractivity contribution >= 4 is 5.97 Å². The number of allylic oxidation sites excluding steroid dienone is 2. The highest BCUT2D eigenvalue weighted by Gasteiger charge is 2.60. The predicted molar refractivity (Wildman–Crippen MR) is 223 cm³/mol. The van der Waals surface area contributed by atoms with E-state index in [4.69, 9.17) is 47.4 Å². The van der Waals surface area contributed by atoms with Gasteiger partial charge in [0.1, 0.15) is 42.0 Å². The van der Waals surface area contributed by atoms with Crippen molar-refractivity contribution in [2.75, 3.05) is 20.8 Å². The molecule has 7 rings (SSSR count). The third kappa shape index (κ3) is 9.82. The second kappa shape index (κ2) is 19.6. The van der Waals surface area contributed by atoms with Gasteiger partial charge in [-0.05, 0) is 75.5 Å². The Morgan fingerprint density at radius 3 is 2.38 bits per heavy atom. The number of carbonyl (C=O) groups excluding carboxylic acids is 1. The van der Waals surface area contributed by atoms with Gasteiger partial charge in [-0.25, -0.2) is 0 Å². The molecule has 0 aromatic heterocycles. The van der Waals surface area contributed by atoms with Crippen LogP contribution in [0.2, 0.25) is 0 Å². The number of ether oxygens (including phenoxy) is 10. The van der Waals surface area contributed by atoms with Gasteiger partial charge < -0.3 is 62.7 Å². The van der Waals surface area contributed by atoms with E-state index in [0.717, 1.165) is 18.4 Å². The van der Waals surface area contributed by atoms with Crippen LogP contribution in [0.5, 0.6) is 0 Å². The summed E-state index contributed by atoms with van der Waals surface area (Å²) in [5.74, 6) is -1.89. The molecule has 14 heteroatoms. The van der Waals surface area contributed by atoms with E-state index in [0.29, 0.717) is 67.9 Å². The maximum atomic E-state index is 14.3. The molecule has 19 atom stereocenters. The van der Waals surface area contributed by atoms with Gasteiger partial charge in [0.2, 0.25) is 0 Å². The third-order valence-corrected chi connectivity index (χ3v) is 14.6. The molecule has 344 valence electrons. The van der Waals surface area contributed by atoms with E-state index >= 15 is 0 Å². The van der Waals surface area contributed by atoms with E-state index < -0.39 is 90.8 Å². The zero-order chi connectivity index (χ0) is 43.8. The summed E-state index contributed by atoms with van der Waals surface area (Å²) in [6.45, 7) is 14.2. The molecule has 14 nitrogen and oxygen atoms in total. The zero-order valence-corrected chi connectivity index (χ0v) is 37.6. The van der Waals surface area contributed by atoms with Crippen molar-refractivity contribution < 1.29 is 67.5 Å². The number of hydrogen-bond donors (Lipinski definition) is 3. The van der Waals surface area contributed by atoms with Gasteiger partial charge in [-0.15, -0.1) is 0 Å². The van der Waals surface area contributed by atoms with Crippen LogP contribution in [0.15, 0.2) is 47.1 Å². The number of hydrogen-bond acceptors (Lipinski definition) is 14. The van der Waals surface area contributed by atoms with Crippen LogP contribution in [0.4, 0.5) is 0 Å². The minimum Gasteiger partial charge on any atom is -0.462 e. The molecular weight excluding hydrogens is 789 g/mol. The van der Waals surface area contributed by atoms with Crippen LogP contribution < -0.4 is 0 Å². The van der Waals surface area contributed by atoms with Crippen molar-refractivity contribution in [3.05, 3.63) is 47.1 Å². The first-order chi connectivity index (χ1) is 29.1. The number of aliphatic hydroxyl groups is 3. The van der Waals surface area contributed by atoms with Gasteiger partial charge in [0, 0.05) is 46.3 Å². The molecule has 0 radical (unpaired) electrons. The summed E-state index contributed by atoms with van der Waals surface area (Å²) in [5.41, 5.74) is 0.205. The Balaban J connectivity index is 1.15. The molecule has 0 aromatic carbocycles. The SMILES string of the molecule is CC[C@@H](C)[C@H]1O[C@]2(CC[C@@H]1C)C[C@@H]1C[C@@H](C/C=C(/C)[C@@H](O[C@H]3C[C@H](OC)[C@@H](O[C@H]4C[C@H](OC)[C@@H](O)[C@H](C)O4)[C@H](C)O3)C/C=C\C=C3CO[C@@H]4[C@H](O)C(C)=C[C@@H](C(=O)O1)[C@]34O)O2. The Kier molecular flexibility index (Phi) is 15.1. The van der Waals surface area contributed by atoms with Crippen LogP contribution in [-0.4, -0.2) is 139 Å². The first kappa shape index (κ1) is 46.9. The molecule has 2 bridgehead atoms. The lowest BCUT2D eigenvalue weighted by atomic mass is 9.71. The summed E-state index contributed by atoms with van der Waals surface area (Å²) in [6, 6.07) is 0. The molecule has 0 aromatic rings. The first-order valence-corrected chi connectivity index (χ1v) is 22.7. The second-order valence-corrected chi connectivity index (χ2v) is 18.8. The van der Waals surface area contributed by atoms with E-state index in [1.807, 2.05) is 26.0 Å². The van der Waals surface area contributed by atoms with Crippen LogP contribution in [0.1, 0.15) is 106 Å². The van der Waals surface area contributed by atoms with E-state index in [1.165, 1.54) is 0 Å². The van der Waals surface area contributed by atoms with Crippen LogP contribution in [0.25, 0.3) is 0 Å². The lowest BCUT2D eigenvalue weighted by molar-refractivity contribution is -0.340. The Morgan fingerprint density at radius 1 is 0.918 bits per heavy atom. The average molecular weight is 861 g/mol. The molecule has 7 aliphatic rings. The molecule has 1 aliphatic carbocycles. The van der Waals surface area contributed by atoms with Crippen molar-refractivity contribution in [1.29, 1.82) is 0 Å². The summed E-state index contributed by atoms with van der Waals surface area (Å²) in [5, 5.41) is 34.1. The van der Waals surface area contributed by atoms with Gasteiger partial charge in [-0.1, -0.05) is 57.6 Å². The molecule has 0 saturated carbocycles. The van der Waals surface area contributed by atoms with Crippen LogP contribution >= 0.6 is 0 Å². The third-order valence-electron chi connectivity index (χ3n) is 14.6. The molecule has 3 N–H and O–H groups in total. The summed E-state index contributed by atoms with van der Waals surface area (Å²) in [6.07, 6.45) is 7.07. The monoisotopic (exact) mass is 860 g/mol. The lowest BCUT2D eigenvalue weighted by Gasteiger charge is -2.51. The molecule has 1 spiro atoms. The first-order valence-electron chi connectivity index (χ1n) is 22.7. The number of esters is 1. The van der Waals surface area contributed by atoms with Crippen molar-refractivity contribution in [1.82, 2.24) is 0 Å². The number of carbonyl (C=O) groups is 1. The molecule has 61 heavy (non-hydrogen) atoms. The van der Waals surface area contributed by atoms with E-state index in [1.54, 1.807) is 40.2 Å². The standard InChI is InChI=1S/C47H72O14/c1-10-25(2)42-27(4)17-18-46(61-42)23-33-20-32(60-46)16-15-26(3)35(14-12-11-13-31-24-54-44-40(48)28(5)19-34(45(50)57-33)47(31,44)51)58-38-22-37(53-9)43(30(7)56-38)59-39-21-36(52-8)41(49)29(6)55-39/h11-13,15,19,25,27,29-30,32-44,48-49,51H,10,14,16-18,20-24H2,1-9H3/b12-11-,26-15-,31-13?/t25-,27+,29+,30+,32-,33+,34+,35+,36+,37+,38+,39+,40-,41+,42-,43+,44-,46-,47-/m1/s1. The topological polar surface area (TPSA) is 170 Å². The zero-order valence-electron chi connectivity index (χ0n) is 37.6. The molecular formula is C47H72O14. The Labute approximate surface area is 361 Å². The van der Waals surface area contributed by atoms with Gasteiger partial charge >= 0.3 is 5.97 Å².